The fourth-order valence-corrected chi connectivity index (χ4v) is 5.54. The average molecular weight is 412 g/mol. The first-order chi connectivity index (χ1) is 14.2. The number of carbonyl (C=O) groups excluding carboxylic acids is 1. The van der Waals surface area contributed by atoms with E-state index in [0.29, 0.717) is 5.78 Å². The van der Waals surface area contributed by atoms with Gasteiger partial charge in [0, 0.05) is 29.9 Å². The van der Waals surface area contributed by atoms with E-state index in [2.05, 4.69) is 33.6 Å². The van der Waals surface area contributed by atoms with Crippen molar-refractivity contribution in [1.82, 2.24) is 25.0 Å². The average Bonchev–Trinajstić information content (AvgIpc) is 3.38. The van der Waals surface area contributed by atoms with Gasteiger partial charge in [0.25, 0.3) is 5.91 Å². The zero-order valence-electron chi connectivity index (χ0n) is 16.5. The Kier molecular flexibility index (Phi) is 4.85. The zero-order valence-corrected chi connectivity index (χ0v) is 17.3. The molecule has 3 aromatic heterocycles. The summed E-state index contributed by atoms with van der Waals surface area (Å²) in [6.45, 7) is 4.70. The molecule has 0 bridgehead atoms. The first-order valence-electron chi connectivity index (χ1n) is 10.3. The van der Waals surface area contributed by atoms with E-state index in [4.69, 9.17) is 4.74 Å². The third kappa shape index (κ3) is 3.35. The third-order valence-corrected chi connectivity index (χ3v) is 7.16. The van der Waals surface area contributed by atoms with Crippen molar-refractivity contribution in [3.63, 3.8) is 0 Å². The van der Waals surface area contributed by atoms with Crippen molar-refractivity contribution in [2.75, 3.05) is 19.7 Å². The Morgan fingerprint density at radius 2 is 2.31 bits per heavy atom. The van der Waals surface area contributed by atoms with E-state index in [9.17, 15) is 4.79 Å². The summed E-state index contributed by atoms with van der Waals surface area (Å²) in [5.41, 5.74) is 1.84. The summed E-state index contributed by atoms with van der Waals surface area (Å²) in [7, 11) is 0. The number of piperidine rings is 1. The molecule has 0 radical (unpaired) electrons. The van der Waals surface area contributed by atoms with Gasteiger partial charge in [0.15, 0.2) is 0 Å². The van der Waals surface area contributed by atoms with Crippen LogP contribution in [0.1, 0.15) is 58.0 Å². The Balaban J connectivity index is 1.39. The number of hydrogen-bond acceptors (Lipinski definition) is 6. The molecule has 1 spiro atoms. The van der Waals surface area contributed by atoms with Crippen molar-refractivity contribution in [3.05, 3.63) is 51.7 Å². The highest BCUT2D eigenvalue weighted by atomic mass is 32.1. The van der Waals surface area contributed by atoms with Gasteiger partial charge in [-0.1, -0.05) is 6.92 Å². The maximum Gasteiger partial charge on any atom is 0.261 e. The number of nitrogens with zero attached hydrogens (tertiary/aromatic N) is 3. The molecule has 5 heterocycles. The van der Waals surface area contributed by atoms with Crippen LogP contribution in [0.5, 0.6) is 0 Å². The molecule has 1 saturated heterocycles. The molecule has 8 heteroatoms. The maximum atomic E-state index is 13.1. The number of amides is 1. The van der Waals surface area contributed by atoms with Crippen LogP contribution >= 0.6 is 11.3 Å². The normalized spacial score (nSPS) is 19.2. The standard InChI is InChI=1S/C21H25N5O2S/c1-2-15(16-13-26-10-3-7-23-20(26)25-16)24-19(27)18-12-14-17(29-18)4-11-28-21(14)5-8-22-9-6-21/h3,7,10,12-13,15,22H,2,4-6,8-9,11H2,1H3,(H,24,27). The van der Waals surface area contributed by atoms with E-state index >= 15 is 0 Å². The summed E-state index contributed by atoms with van der Waals surface area (Å²) in [5, 5.41) is 6.59. The van der Waals surface area contributed by atoms with E-state index in [0.717, 1.165) is 56.0 Å². The molecule has 2 aliphatic rings. The molecule has 2 N–H and O–H groups in total. The fourth-order valence-electron chi connectivity index (χ4n) is 4.40. The number of fused-ring (bicyclic) bond motifs is 3. The molecule has 0 aliphatic carbocycles. The second-order valence-electron chi connectivity index (χ2n) is 7.72. The molecule has 5 rings (SSSR count). The van der Waals surface area contributed by atoms with Gasteiger partial charge in [0.05, 0.1) is 28.8 Å². The lowest BCUT2D eigenvalue weighted by molar-refractivity contribution is -0.0792. The van der Waals surface area contributed by atoms with Crippen molar-refractivity contribution in [1.29, 1.82) is 0 Å². The number of ether oxygens (including phenoxy) is 1. The van der Waals surface area contributed by atoms with E-state index in [1.807, 2.05) is 22.9 Å². The van der Waals surface area contributed by atoms with Crippen molar-refractivity contribution in [3.8, 4) is 0 Å². The molecule has 29 heavy (non-hydrogen) atoms. The van der Waals surface area contributed by atoms with Gasteiger partial charge in [-0.2, -0.15) is 0 Å². The van der Waals surface area contributed by atoms with Gasteiger partial charge >= 0.3 is 0 Å². The number of rotatable bonds is 4. The zero-order chi connectivity index (χ0) is 19.8. The Hall–Kier alpha value is -2.29. The van der Waals surface area contributed by atoms with Crippen molar-refractivity contribution >= 4 is 23.0 Å². The molecular weight excluding hydrogens is 386 g/mol. The minimum atomic E-state index is -0.217. The fraction of sp³-hybridized carbons (Fsp3) is 0.476. The molecule has 1 fully saturated rings. The monoisotopic (exact) mass is 411 g/mol. The highest BCUT2D eigenvalue weighted by Crippen LogP contribution is 2.43. The van der Waals surface area contributed by atoms with Crippen LogP contribution in [0.25, 0.3) is 5.78 Å². The molecule has 152 valence electrons. The van der Waals surface area contributed by atoms with Crippen LogP contribution in [0.2, 0.25) is 0 Å². The Morgan fingerprint density at radius 1 is 1.45 bits per heavy atom. The van der Waals surface area contributed by atoms with E-state index in [-0.39, 0.29) is 17.6 Å². The van der Waals surface area contributed by atoms with Crippen molar-refractivity contribution in [2.24, 2.45) is 0 Å². The first-order valence-corrected chi connectivity index (χ1v) is 11.1. The van der Waals surface area contributed by atoms with Crippen molar-refractivity contribution < 1.29 is 9.53 Å². The van der Waals surface area contributed by atoms with Crippen LogP contribution in [0.15, 0.2) is 30.7 Å². The molecule has 1 atom stereocenters. The van der Waals surface area contributed by atoms with Gasteiger partial charge in [-0.25, -0.2) is 9.97 Å². The molecular formula is C21H25N5O2S. The summed E-state index contributed by atoms with van der Waals surface area (Å²) in [6.07, 6.45) is 9.15. The lowest BCUT2D eigenvalue weighted by atomic mass is 9.83. The van der Waals surface area contributed by atoms with Gasteiger partial charge in [0.1, 0.15) is 0 Å². The highest BCUT2D eigenvalue weighted by molar-refractivity contribution is 7.14. The van der Waals surface area contributed by atoms with Crippen LogP contribution in [-0.2, 0) is 16.8 Å². The SMILES string of the molecule is CCC(NC(=O)c1cc2c(s1)CCOC21CCNCC1)c1cn2cccnc2n1. The highest BCUT2D eigenvalue weighted by Gasteiger charge is 2.40. The Labute approximate surface area is 173 Å². The smallest absolute Gasteiger partial charge is 0.261 e. The summed E-state index contributed by atoms with van der Waals surface area (Å²) in [5.74, 6) is 0.608. The quantitative estimate of drug-likeness (QED) is 0.690. The second kappa shape index (κ2) is 7.51. The second-order valence-corrected chi connectivity index (χ2v) is 8.85. The minimum absolute atomic E-state index is 0.0367. The van der Waals surface area contributed by atoms with Gasteiger partial charge in [-0.05, 0) is 50.0 Å². The van der Waals surface area contributed by atoms with E-state index < -0.39 is 0 Å². The lowest BCUT2D eigenvalue weighted by Crippen LogP contribution is -2.44. The Bertz CT molecular complexity index is 1000. The van der Waals surface area contributed by atoms with Crippen molar-refractivity contribution in [2.45, 2.75) is 44.2 Å². The van der Waals surface area contributed by atoms with Crippen LogP contribution in [0, 0.1) is 0 Å². The molecule has 0 saturated carbocycles. The lowest BCUT2D eigenvalue weighted by Gasteiger charge is -2.40. The van der Waals surface area contributed by atoms with E-state index in [1.165, 1.54) is 10.4 Å². The number of hydrogen-bond donors (Lipinski definition) is 2. The molecule has 1 unspecified atom stereocenters. The molecule has 2 aliphatic heterocycles. The summed E-state index contributed by atoms with van der Waals surface area (Å²) in [6, 6.07) is 3.79. The number of nitrogens with one attached hydrogen (secondary N) is 2. The number of aromatic nitrogens is 3. The summed E-state index contributed by atoms with van der Waals surface area (Å²) in [4.78, 5) is 24.0. The van der Waals surface area contributed by atoms with Crippen LogP contribution in [0.4, 0.5) is 0 Å². The third-order valence-electron chi connectivity index (χ3n) is 5.97. The van der Waals surface area contributed by atoms with Gasteiger partial charge in [0.2, 0.25) is 5.78 Å². The Morgan fingerprint density at radius 3 is 3.10 bits per heavy atom. The van der Waals surface area contributed by atoms with Gasteiger partial charge < -0.3 is 15.4 Å². The summed E-state index contributed by atoms with van der Waals surface area (Å²) >= 11 is 1.61. The van der Waals surface area contributed by atoms with Gasteiger partial charge in [-0.3, -0.25) is 9.20 Å². The van der Waals surface area contributed by atoms with Crippen LogP contribution in [-0.4, -0.2) is 40.0 Å². The summed E-state index contributed by atoms with van der Waals surface area (Å²) < 4.78 is 8.13. The number of carbonyl (C=O) groups is 1. The topological polar surface area (TPSA) is 80.5 Å². The largest absolute Gasteiger partial charge is 0.370 e. The molecule has 7 nitrogen and oxygen atoms in total. The number of imidazole rings is 1. The maximum absolute atomic E-state index is 13.1. The van der Waals surface area contributed by atoms with Crippen LogP contribution in [0.3, 0.4) is 0 Å². The number of thiophene rings is 1. The van der Waals surface area contributed by atoms with Crippen LogP contribution < -0.4 is 10.6 Å². The first kappa shape index (κ1) is 18.7. The predicted octanol–water partition coefficient (Wildman–Crippen LogP) is 2.82. The molecule has 0 aromatic carbocycles. The van der Waals surface area contributed by atoms with Gasteiger partial charge in [-0.15, -0.1) is 11.3 Å². The van der Waals surface area contributed by atoms with E-state index in [1.54, 1.807) is 17.5 Å². The predicted molar refractivity (Wildman–Crippen MR) is 111 cm³/mol. The molecule has 3 aromatic rings. The minimum Gasteiger partial charge on any atom is -0.370 e. The molecule has 1 amide bonds.